The largest absolute Gasteiger partial charge is 0.392 e. The van der Waals surface area contributed by atoms with E-state index < -0.39 is 35.8 Å². The third kappa shape index (κ3) is 4.19. The first kappa shape index (κ1) is 15.9. The van der Waals surface area contributed by atoms with Crippen LogP contribution in [-0.2, 0) is 16.6 Å². The minimum atomic E-state index is -4.42. The van der Waals surface area contributed by atoms with E-state index in [1.807, 2.05) is 0 Å². The molecule has 1 rings (SSSR count). The number of nitrogens with zero attached hydrogens (tertiary/aromatic N) is 1. The summed E-state index contributed by atoms with van der Waals surface area (Å²) in [7, 11) is -2.95. The van der Waals surface area contributed by atoms with Gasteiger partial charge in [0.2, 0.25) is 10.0 Å². The molecule has 0 aliphatic heterocycles. The average molecular weight is 297 g/mol. The van der Waals surface area contributed by atoms with Crippen molar-refractivity contribution in [2.45, 2.75) is 24.1 Å². The van der Waals surface area contributed by atoms with Gasteiger partial charge in [-0.1, -0.05) is 18.2 Å². The van der Waals surface area contributed by atoms with Crippen LogP contribution in [0.15, 0.2) is 29.2 Å². The molecule has 0 saturated carbocycles. The summed E-state index contributed by atoms with van der Waals surface area (Å²) >= 11 is 0. The zero-order valence-corrected chi connectivity index (χ0v) is 11.0. The van der Waals surface area contributed by atoms with Crippen LogP contribution < -0.4 is 0 Å². The lowest BCUT2D eigenvalue weighted by Crippen LogP contribution is -2.31. The van der Waals surface area contributed by atoms with Gasteiger partial charge in [0, 0.05) is 13.6 Å². The number of benzene rings is 1. The molecule has 0 aliphatic rings. The number of hydrogen-bond acceptors (Lipinski definition) is 3. The van der Waals surface area contributed by atoms with E-state index in [0.29, 0.717) is 4.31 Å². The molecule has 0 amide bonds. The lowest BCUT2D eigenvalue weighted by Gasteiger charge is -2.19. The van der Waals surface area contributed by atoms with Gasteiger partial charge < -0.3 is 5.11 Å². The second kappa shape index (κ2) is 5.89. The van der Waals surface area contributed by atoms with E-state index in [4.69, 9.17) is 5.11 Å². The standard InChI is InChI=1S/C11H14F3NO3S/c1-15(7-6-11(12,13)14)19(17,18)10-5-3-2-4-9(10)8-16/h2-5,16H,6-8H2,1H3. The number of rotatable bonds is 5. The van der Waals surface area contributed by atoms with E-state index in [9.17, 15) is 21.6 Å². The van der Waals surface area contributed by atoms with Crippen molar-refractivity contribution in [1.82, 2.24) is 4.31 Å². The summed E-state index contributed by atoms with van der Waals surface area (Å²) in [6.45, 7) is -1.16. The molecule has 0 atom stereocenters. The van der Waals surface area contributed by atoms with Gasteiger partial charge in [-0.15, -0.1) is 0 Å². The maximum atomic E-state index is 12.1. The Morgan fingerprint density at radius 3 is 2.37 bits per heavy atom. The Morgan fingerprint density at radius 2 is 1.84 bits per heavy atom. The van der Waals surface area contributed by atoms with Gasteiger partial charge in [0.1, 0.15) is 0 Å². The molecule has 0 saturated heterocycles. The van der Waals surface area contributed by atoms with E-state index >= 15 is 0 Å². The number of aliphatic hydroxyl groups excluding tert-OH is 1. The molecule has 0 radical (unpaired) electrons. The Morgan fingerprint density at radius 1 is 1.26 bits per heavy atom. The van der Waals surface area contributed by atoms with Gasteiger partial charge in [0.15, 0.2) is 0 Å². The second-order valence-corrected chi connectivity index (χ2v) is 5.97. The van der Waals surface area contributed by atoms with Crippen LogP contribution in [-0.4, -0.2) is 37.6 Å². The third-order valence-electron chi connectivity index (χ3n) is 2.54. The Balaban J connectivity index is 2.97. The van der Waals surface area contributed by atoms with Crippen molar-refractivity contribution in [2.75, 3.05) is 13.6 Å². The SMILES string of the molecule is CN(CCC(F)(F)F)S(=O)(=O)c1ccccc1CO. The lowest BCUT2D eigenvalue weighted by atomic mass is 10.2. The summed E-state index contributed by atoms with van der Waals surface area (Å²) in [5, 5.41) is 9.06. The van der Waals surface area contributed by atoms with Crippen LogP contribution in [0.2, 0.25) is 0 Å². The molecule has 1 N–H and O–H groups in total. The van der Waals surface area contributed by atoms with Crippen LogP contribution in [0.5, 0.6) is 0 Å². The molecule has 4 nitrogen and oxygen atoms in total. The van der Waals surface area contributed by atoms with Gasteiger partial charge in [-0.3, -0.25) is 0 Å². The second-order valence-electron chi connectivity index (χ2n) is 3.96. The van der Waals surface area contributed by atoms with Gasteiger partial charge in [-0.2, -0.15) is 13.2 Å². The number of aliphatic hydroxyl groups is 1. The molecular formula is C11H14F3NO3S. The number of sulfonamides is 1. The molecule has 8 heteroatoms. The first-order valence-corrected chi connectivity index (χ1v) is 6.84. The maximum Gasteiger partial charge on any atom is 0.390 e. The lowest BCUT2D eigenvalue weighted by molar-refractivity contribution is -0.135. The minimum absolute atomic E-state index is 0.154. The highest BCUT2D eigenvalue weighted by atomic mass is 32.2. The third-order valence-corrected chi connectivity index (χ3v) is 4.50. The summed E-state index contributed by atoms with van der Waals surface area (Å²) in [6, 6.07) is 5.65. The highest BCUT2D eigenvalue weighted by Crippen LogP contribution is 2.23. The van der Waals surface area contributed by atoms with Crippen LogP contribution in [0.25, 0.3) is 0 Å². The zero-order chi connectivity index (χ0) is 14.7. The van der Waals surface area contributed by atoms with Crippen molar-refractivity contribution in [3.05, 3.63) is 29.8 Å². The summed E-state index contributed by atoms with van der Waals surface area (Å²) in [4.78, 5) is -0.179. The molecule has 0 bridgehead atoms. The molecule has 0 aliphatic carbocycles. The van der Waals surface area contributed by atoms with Crippen molar-refractivity contribution in [3.8, 4) is 0 Å². The van der Waals surface area contributed by atoms with Gasteiger partial charge in [0.25, 0.3) is 0 Å². The van der Waals surface area contributed by atoms with Gasteiger partial charge in [-0.05, 0) is 11.6 Å². The van der Waals surface area contributed by atoms with E-state index in [1.165, 1.54) is 18.2 Å². The smallest absolute Gasteiger partial charge is 0.390 e. The molecule has 0 aromatic heterocycles. The molecule has 0 unspecified atom stereocenters. The Hall–Kier alpha value is -1.12. The zero-order valence-electron chi connectivity index (χ0n) is 10.2. The van der Waals surface area contributed by atoms with Crippen molar-refractivity contribution < 1.29 is 26.7 Å². The van der Waals surface area contributed by atoms with Crippen molar-refractivity contribution in [3.63, 3.8) is 0 Å². The fourth-order valence-electron chi connectivity index (χ4n) is 1.46. The number of halogens is 3. The Bertz CT molecular complexity index is 528. The minimum Gasteiger partial charge on any atom is -0.392 e. The van der Waals surface area contributed by atoms with Crippen molar-refractivity contribution in [1.29, 1.82) is 0 Å². The predicted molar refractivity (Wildman–Crippen MR) is 62.9 cm³/mol. The van der Waals surface area contributed by atoms with E-state index in [2.05, 4.69) is 0 Å². The van der Waals surface area contributed by atoms with Crippen LogP contribution in [0, 0.1) is 0 Å². The van der Waals surface area contributed by atoms with Crippen LogP contribution in [0.3, 0.4) is 0 Å². The monoisotopic (exact) mass is 297 g/mol. The first-order valence-electron chi connectivity index (χ1n) is 5.40. The quantitative estimate of drug-likeness (QED) is 0.901. The summed E-state index contributed by atoms with van der Waals surface area (Å²) < 4.78 is 61.1. The number of alkyl halides is 3. The summed E-state index contributed by atoms with van der Waals surface area (Å²) in [5.74, 6) is 0. The van der Waals surface area contributed by atoms with E-state index in [-0.39, 0.29) is 10.5 Å². The maximum absolute atomic E-state index is 12.1. The Labute approximate surface area is 109 Å². The topological polar surface area (TPSA) is 57.6 Å². The van der Waals surface area contributed by atoms with E-state index in [0.717, 1.165) is 7.05 Å². The summed E-state index contributed by atoms with van der Waals surface area (Å²) in [6.07, 6.45) is -5.63. The van der Waals surface area contributed by atoms with Crippen molar-refractivity contribution in [2.24, 2.45) is 0 Å². The Kier molecular flexibility index (Phi) is 4.94. The van der Waals surface area contributed by atoms with Crippen molar-refractivity contribution >= 4 is 10.0 Å². The van der Waals surface area contributed by atoms with Gasteiger partial charge >= 0.3 is 6.18 Å². The normalized spacial score (nSPS) is 12.9. The molecule has 1 aromatic carbocycles. The van der Waals surface area contributed by atoms with Crippen LogP contribution in [0.4, 0.5) is 13.2 Å². The molecule has 0 heterocycles. The molecule has 1 aromatic rings. The highest BCUT2D eigenvalue weighted by Gasteiger charge is 2.31. The molecule has 0 fully saturated rings. The molecule has 0 spiro atoms. The van der Waals surface area contributed by atoms with Crippen LogP contribution in [0.1, 0.15) is 12.0 Å². The van der Waals surface area contributed by atoms with Gasteiger partial charge in [-0.25, -0.2) is 12.7 Å². The van der Waals surface area contributed by atoms with Gasteiger partial charge in [0.05, 0.1) is 17.9 Å². The fraction of sp³-hybridized carbons (Fsp3) is 0.455. The number of hydrogen-bond donors (Lipinski definition) is 1. The molecular weight excluding hydrogens is 283 g/mol. The summed E-state index contributed by atoms with van der Waals surface area (Å²) in [5.41, 5.74) is 0.154. The highest BCUT2D eigenvalue weighted by molar-refractivity contribution is 7.89. The first-order chi connectivity index (χ1) is 8.68. The molecule has 108 valence electrons. The molecule has 19 heavy (non-hydrogen) atoms. The van der Waals surface area contributed by atoms with E-state index in [1.54, 1.807) is 6.07 Å². The average Bonchev–Trinajstić information content (AvgIpc) is 2.34. The fourth-order valence-corrected chi connectivity index (χ4v) is 2.84. The van der Waals surface area contributed by atoms with Crippen LogP contribution >= 0.6 is 0 Å². The predicted octanol–water partition coefficient (Wildman–Crippen LogP) is 1.75.